The fraction of sp³-hybridized carbons (Fsp3) is 0.357. The number of hydrogen-bond acceptors (Lipinski definition) is 5. The summed E-state index contributed by atoms with van der Waals surface area (Å²) >= 11 is 7.22. The number of thiocarbonyl (C=S) groups is 1. The van der Waals surface area contributed by atoms with Gasteiger partial charge in [-0.15, -0.1) is 11.3 Å². The van der Waals surface area contributed by atoms with E-state index in [4.69, 9.17) is 12.2 Å². The zero-order chi connectivity index (χ0) is 14.5. The predicted octanol–water partition coefficient (Wildman–Crippen LogP) is 1.73. The lowest BCUT2D eigenvalue weighted by molar-refractivity contribution is 0.377. The summed E-state index contributed by atoms with van der Waals surface area (Å²) in [6, 6.07) is 6.01. The molecule has 0 saturated carbocycles. The maximum Gasteiger partial charge on any atom is 0.225 e. The summed E-state index contributed by atoms with van der Waals surface area (Å²) in [5, 5.41) is 6.24. The molecule has 1 saturated heterocycles. The third kappa shape index (κ3) is 3.68. The van der Waals surface area contributed by atoms with Gasteiger partial charge >= 0.3 is 0 Å². The van der Waals surface area contributed by atoms with E-state index in [-0.39, 0.29) is 0 Å². The lowest BCUT2D eigenvalue weighted by Gasteiger charge is -2.36. The Balaban J connectivity index is 1.48. The van der Waals surface area contributed by atoms with Crippen LogP contribution in [0.1, 0.15) is 4.88 Å². The molecule has 21 heavy (non-hydrogen) atoms. The molecule has 3 heterocycles. The van der Waals surface area contributed by atoms with E-state index in [2.05, 4.69) is 42.6 Å². The van der Waals surface area contributed by atoms with Gasteiger partial charge in [-0.1, -0.05) is 6.07 Å². The van der Waals surface area contributed by atoms with Crippen LogP contribution < -0.4 is 10.2 Å². The van der Waals surface area contributed by atoms with Gasteiger partial charge in [0.25, 0.3) is 0 Å². The molecular formula is C14H17N5S2. The Kier molecular flexibility index (Phi) is 4.62. The number of anilines is 1. The number of hydrogen-bond donors (Lipinski definition) is 1. The van der Waals surface area contributed by atoms with Crippen molar-refractivity contribution in [3.05, 3.63) is 40.8 Å². The summed E-state index contributed by atoms with van der Waals surface area (Å²) in [6.45, 7) is 4.39. The maximum atomic E-state index is 5.47. The Morgan fingerprint density at radius 1 is 1.19 bits per heavy atom. The molecule has 0 radical (unpaired) electrons. The van der Waals surface area contributed by atoms with Crippen molar-refractivity contribution in [3.63, 3.8) is 0 Å². The van der Waals surface area contributed by atoms with Crippen LogP contribution in [-0.4, -0.2) is 46.2 Å². The Hall–Kier alpha value is -1.73. The second-order valence-corrected chi connectivity index (χ2v) is 6.18. The maximum absolute atomic E-state index is 5.47. The van der Waals surface area contributed by atoms with Gasteiger partial charge in [-0.25, -0.2) is 9.97 Å². The molecule has 1 aliphatic rings. The quantitative estimate of drug-likeness (QED) is 0.870. The van der Waals surface area contributed by atoms with E-state index in [0.29, 0.717) is 0 Å². The minimum absolute atomic E-state index is 0.801. The van der Waals surface area contributed by atoms with E-state index < -0.39 is 0 Å². The first-order chi connectivity index (χ1) is 10.3. The first-order valence-corrected chi connectivity index (χ1v) is 8.19. The van der Waals surface area contributed by atoms with Gasteiger partial charge < -0.3 is 15.1 Å². The van der Waals surface area contributed by atoms with Crippen molar-refractivity contribution < 1.29 is 0 Å². The summed E-state index contributed by atoms with van der Waals surface area (Å²) in [5.41, 5.74) is 0. The van der Waals surface area contributed by atoms with Gasteiger partial charge in [-0.2, -0.15) is 0 Å². The average Bonchev–Trinajstić information content (AvgIpc) is 3.07. The van der Waals surface area contributed by atoms with Crippen molar-refractivity contribution in [2.45, 2.75) is 6.54 Å². The minimum Gasteiger partial charge on any atom is -0.358 e. The second kappa shape index (κ2) is 6.82. The predicted molar refractivity (Wildman–Crippen MR) is 89.6 cm³/mol. The number of rotatable bonds is 3. The molecule has 0 atom stereocenters. The molecule has 0 bridgehead atoms. The molecule has 3 rings (SSSR count). The van der Waals surface area contributed by atoms with Crippen molar-refractivity contribution in [1.29, 1.82) is 0 Å². The molecule has 0 spiro atoms. The molecule has 1 N–H and O–H groups in total. The summed E-state index contributed by atoms with van der Waals surface area (Å²) in [7, 11) is 0. The zero-order valence-electron chi connectivity index (χ0n) is 11.6. The van der Waals surface area contributed by atoms with E-state index in [0.717, 1.165) is 43.8 Å². The highest BCUT2D eigenvalue weighted by Gasteiger charge is 2.20. The van der Waals surface area contributed by atoms with Crippen molar-refractivity contribution in [2.24, 2.45) is 0 Å². The van der Waals surface area contributed by atoms with Crippen molar-refractivity contribution in [2.75, 3.05) is 31.1 Å². The monoisotopic (exact) mass is 319 g/mol. The van der Waals surface area contributed by atoms with Crippen LogP contribution in [0.15, 0.2) is 36.0 Å². The van der Waals surface area contributed by atoms with E-state index >= 15 is 0 Å². The molecule has 0 amide bonds. The summed E-state index contributed by atoms with van der Waals surface area (Å²) in [6.07, 6.45) is 3.56. The largest absolute Gasteiger partial charge is 0.358 e. The van der Waals surface area contributed by atoms with Crippen LogP contribution in [0.3, 0.4) is 0 Å². The van der Waals surface area contributed by atoms with E-state index in [9.17, 15) is 0 Å². The SMILES string of the molecule is S=C(NCc1cccs1)N1CCN(c2ncccn2)CC1. The topological polar surface area (TPSA) is 44.3 Å². The Morgan fingerprint density at radius 2 is 1.95 bits per heavy atom. The van der Waals surface area contributed by atoms with Crippen molar-refractivity contribution >= 4 is 34.6 Å². The molecule has 2 aromatic heterocycles. The smallest absolute Gasteiger partial charge is 0.225 e. The van der Waals surface area contributed by atoms with E-state index in [1.54, 1.807) is 23.7 Å². The Morgan fingerprint density at radius 3 is 2.62 bits per heavy atom. The first-order valence-electron chi connectivity index (χ1n) is 6.90. The average molecular weight is 319 g/mol. The molecule has 1 fully saturated rings. The number of aromatic nitrogens is 2. The highest BCUT2D eigenvalue weighted by atomic mass is 32.1. The van der Waals surface area contributed by atoms with Crippen LogP contribution in [0.25, 0.3) is 0 Å². The normalized spacial score (nSPS) is 15.0. The van der Waals surface area contributed by atoms with Crippen LogP contribution in [0.4, 0.5) is 5.95 Å². The standard InChI is InChI=1S/C14H17N5S2/c20-14(17-11-12-3-1-10-21-12)19-8-6-18(7-9-19)13-15-4-2-5-16-13/h1-5,10H,6-9,11H2,(H,17,20). The van der Waals surface area contributed by atoms with Crippen LogP contribution >= 0.6 is 23.6 Å². The third-order valence-corrected chi connectivity index (χ3v) is 4.67. The second-order valence-electron chi connectivity index (χ2n) is 4.76. The Bertz CT molecular complexity index is 564. The van der Waals surface area contributed by atoms with Crippen molar-refractivity contribution in [1.82, 2.24) is 20.2 Å². The van der Waals surface area contributed by atoms with Gasteiger partial charge in [-0.3, -0.25) is 0 Å². The zero-order valence-corrected chi connectivity index (χ0v) is 13.2. The fourth-order valence-electron chi connectivity index (χ4n) is 2.25. The van der Waals surface area contributed by atoms with Gasteiger partial charge in [0, 0.05) is 43.4 Å². The molecule has 1 aliphatic heterocycles. The molecular weight excluding hydrogens is 302 g/mol. The molecule has 2 aromatic rings. The van der Waals surface area contributed by atoms with Gasteiger partial charge in [-0.05, 0) is 29.7 Å². The molecule has 7 heteroatoms. The minimum atomic E-state index is 0.801. The Labute approximate surface area is 133 Å². The van der Waals surface area contributed by atoms with Gasteiger partial charge in [0.15, 0.2) is 5.11 Å². The highest BCUT2D eigenvalue weighted by Crippen LogP contribution is 2.11. The highest BCUT2D eigenvalue weighted by molar-refractivity contribution is 7.80. The van der Waals surface area contributed by atoms with E-state index in [1.807, 2.05) is 6.07 Å². The lowest BCUT2D eigenvalue weighted by atomic mass is 10.3. The fourth-order valence-corrected chi connectivity index (χ4v) is 3.15. The van der Waals surface area contributed by atoms with Crippen molar-refractivity contribution in [3.8, 4) is 0 Å². The molecule has 0 aliphatic carbocycles. The van der Waals surface area contributed by atoms with Crippen LogP contribution in [0.2, 0.25) is 0 Å². The summed E-state index contributed by atoms with van der Waals surface area (Å²) in [4.78, 5) is 14.3. The lowest BCUT2D eigenvalue weighted by Crippen LogP contribution is -2.51. The summed E-state index contributed by atoms with van der Waals surface area (Å²) < 4.78 is 0. The van der Waals surface area contributed by atoms with Gasteiger partial charge in [0.1, 0.15) is 0 Å². The molecule has 0 unspecified atom stereocenters. The number of piperazine rings is 1. The van der Waals surface area contributed by atoms with E-state index in [1.165, 1.54) is 4.88 Å². The first kappa shape index (κ1) is 14.2. The van der Waals surface area contributed by atoms with Gasteiger partial charge in [0.05, 0.1) is 6.54 Å². The van der Waals surface area contributed by atoms with Crippen LogP contribution in [0, 0.1) is 0 Å². The molecule has 5 nitrogen and oxygen atoms in total. The van der Waals surface area contributed by atoms with Crippen LogP contribution in [0.5, 0.6) is 0 Å². The van der Waals surface area contributed by atoms with Gasteiger partial charge in [0.2, 0.25) is 5.95 Å². The number of thiophene rings is 1. The third-order valence-electron chi connectivity index (χ3n) is 3.40. The molecule has 110 valence electrons. The number of nitrogens with one attached hydrogen (secondary N) is 1. The van der Waals surface area contributed by atoms with Crippen LogP contribution in [-0.2, 0) is 6.54 Å². The molecule has 0 aromatic carbocycles. The number of nitrogens with zero attached hydrogens (tertiary/aromatic N) is 4. The summed E-state index contributed by atoms with van der Waals surface area (Å²) in [5.74, 6) is 0.801.